The van der Waals surface area contributed by atoms with Gasteiger partial charge in [0, 0.05) is 83.7 Å². The highest BCUT2D eigenvalue weighted by Gasteiger charge is 2.21. The standard InChI is InChI=1S/C44H28N6.C41H27N3/c1-4-12-29(13-5-1)42-46-43(30-14-6-2-7-15-30)48-44(47-42)50-38-19-11-10-18-34(38)36-26-32(21-23-40(36)50)31-20-22-39-37(27-31)35-24-25-45-28-41(35)49(39)33-16-8-3-9-17-33;1-3-9-28(10-4-1)29-15-19-33(20-16-29)43-38-14-8-7-13-34(38)36-25-30(17-21-39(36)43)31-18-22-40-37(26-31)35-23-24-42-27-41(35)44(40)32-11-5-2-6-12-32/h1-28H;1-27H. The molecule has 0 aliphatic carbocycles. The topological polar surface area (TPSA) is 84.2 Å². The molecule has 0 bridgehead atoms. The number of nitrogens with zero attached hydrogens (tertiary/aromatic N) is 9. The lowest BCUT2D eigenvalue weighted by atomic mass is 10.0. The number of rotatable bonds is 9. The summed E-state index contributed by atoms with van der Waals surface area (Å²) in [6.07, 6.45) is 7.68. The highest BCUT2D eigenvalue weighted by Crippen LogP contribution is 2.41. The summed E-state index contributed by atoms with van der Waals surface area (Å²) in [6, 6.07) is 109. The molecule has 7 aromatic heterocycles. The van der Waals surface area contributed by atoms with E-state index >= 15 is 0 Å². The fourth-order valence-electron chi connectivity index (χ4n) is 13.9. The van der Waals surface area contributed by atoms with Gasteiger partial charge in [0.05, 0.1) is 56.5 Å². The Morgan fingerprint density at radius 1 is 0.191 bits per heavy atom. The van der Waals surface area contributed by atoms with Crippen molar-refractivity contribution < 1.29 is 0 Å². The van der Waals surface area contributed by atoms with E-state index in [1.54, 1.807) is 0 Å². The molecule has 0 aliphatic rings. The molecule has 0 fully saturated rings. The summed E-state index contributed by atoms with van der Waals surface area (Å²) in [6.45, 7) is 0. The third-order valence-electron chi connectivity index (χ3n) is 18.3. The zero-order chi connectivity index (χ0) is 62.1. The van der Waals surface area contributed by atoms with Crippen molar-refractivity contribution in [2.45, 2.75) is 0 Å². The van der Waals surface area contributed by atoms with Gasteiger partial charge in [-0.3, -0.25) is 14.5 Å². The van der Waals surface area contributed by atoms with Crippen molar-refractivity contribution in [3.8, 4) is 79.2 Å². The molecule has 19 rings (SSSR count). The van der Waals surface area contributed by atoms with Gasteiger partial charge < -0.3 is 13.7 Å². The molecule has 19 aromatic rings. The van der Waals surface area contributed by atoms with Crippen molar-refractivity contribution in [1.82, 2.24) is 43.2 Å². The molecule has 0 aliphatic heterocycles. The molecule has 12 aromatic carbocycles. The van der Waals surface area contributed by atoms with Crippen LogP contribution in [-0.4, -0.2) is 43.2 Å². The molecule has 0 spiro atoms. The lowest BCUT2D eigenvalue weighted by molar-refractivity contribution is 0.953. The van der Waals surface area contributed by atoms with Crippen molar-refractivity contribution in [1.29, 1.82) is 0 Å². The second kappa shape index (κ2) is 22.6. The molecule has 0 saturated carbocycles. The number of para-hydroxylation sites is 4. The maximum absolute atomic E-state index is 5.08. The Morgan fingerprint density at radius 2 is 0.489 bits per heavy atom. The van der Waals surface area contributed by atoms with Gasteiger partial charge in [0.15, 0.2) is 11.6 Å². The molecule has 0 radical (unpaired) electrons. The summed E-state index contributed by atoms with van der Waals surface area (Å²) in [5.41, 5.74) is 21.5. The first kappa shape index (κ1) is 54.1. The normalized spacial score (nSPS) is 11.6. The van der Waals surface area contributed by atoms with Crippen molar-refractivity contribution in [2.75, 3.05) is 0 Å². The number of hydrogen-bond donors (Lipinski definition) is 0. The van der Waals surface area contributed by atoms with Gasteiger partial charge in [0.25, 0.3) is 0 Å². The minimum Gasteiger partial charge on any atom is -0.309 e. The van der Waals surface area contributed by atoms with Crippen LogP contribution >= 0.6 is 0 Å². The Balaban J connectivity index is 0.000000139. The maximum Gasteiger partial charge on any atom is 0.238 e. The predicted molar refractivity (Wildman–Crippen MR) is 386 cm³/mol. The van der Waals surface area contributed by atoms with E-state index in [1.165, 1.54) is 71.1 Å². The zero-order valence-corrected chi connectivity index (χ0v) is 50.8. The van der Waals surface area contributed by atoms with Crippen LogP contribution in [0, 0.1) is 0 Å². The Kier molecular flexibility index (Phi) is 13.0. The number of pyridine rings is 2. The van der Waals surface area contributed by atoms with Crippen LogP contribution in [0.4, 0.5) is 0 Å². The van der Waals surface area contributed by atoms with Crippen LogP contribution < -0.4 is 0 Å². The van der Waals surface area contributed by atoms with Crippen LogP contribution in [0.5, 0.6) is 0 Å². The van der Waals surface area contributed by atoms with Crippen molar-refractivity contribution >= 4 is 87.2 Å². The fraction of sp³-hybridized carbons (Fsp3) is 0. The largest absolute Gasteiger partial charge is 0.309 e. The summed E-state index contributed by atoms with van der Waals surface area (Å²) < 4.78 is 9.15. The minimum absolute atomic E-state index is 0.584. The van der Waals surface area contributed by atoms with E-state index in [9.17, 15) is 0 Å². The van der Waals surface area contributed by atoms with Crippen LogP contribution in [0.3, 0.4) is 0 Å². The van der Waals surface area contributed by atoms with E-state index in [0.29, 0.717) is 17.6 Å². The zero-order valence-electron chi connectivity index (χ0n) is 50.8. The van der Waals surface area contributed by atoms with Crippen LogP contribution in [-0.2, 0) is 0 Å². The first-order chi connectivity index (χ1) is 46.6. The summed E-state index contributed by atoms with van der Waals surface area (Å²) in [5, 5.41) is 9.58. The monoisotopic (exact) mass is 1200 g/mol. The molecule has 94 heavy (non-hydrogen) atoms. The maximum atomic E-state index is 5.08. The third-order valence-corrected chi connectivity index (χ3v) is 18.3. The van der Waals surface area contributed by atoms with Crippen molar-refractivity contribution in [3.05, 3.63) is 334 Å². The van der Waals surface area contributed by atoms with E-state index < -0.39 is 0 Å². The Hall–Kier alpha value is -12.9. The Morgan fingerprint density at radius 3 is 0.915 bits per heavy atom. The van der Waals surface area contributed by atoms with Crippen molar-refractivity contribution in [3.63, 3.8) is 0 Å². The van der Waals surface area contributed by atoms with Crippen LogP contribution in [0.1, 0.15) is 0 Å². The summed E-state index contributed by atoms with van der Waals surface area (Å²) >= 11 is 0. The highest BCUT2D eigenvalue weighted by atomic mass is 15.2. The molecule has 9 heteroatoms. The summed E-state index contributed by atoms with van der Waals surface area (Å²) in [7, 11) is 0. The summed E-state index contributed by atoms with van der Waals surface area (Å²) in [5.74, 6) is 1.85. The van der Waals surface area contributed by atoms with Gasteiger partial charge in [0.2, 0.25) is 5.95 Å². The average molecular weight is 1200 g/mol. The SMILES string of the molecule is c1ccc(-c2ccc(-n3c4ccccc4c4cc(-c5ccc6c(c5)c5ccncc5n6-c5ccccc5)ccc43)cc2)cc1.c1ccc(-c2nc(-c3ccccc3)nc(-n3c4ccccc4c4cc(-c5ccc6c(c5)c5ccncc5n6-c5ccccc5)ccc43)n2)cc1. The molecular formula is C85H55N9. The number of hydrogen-bond acceptors (Lipinski definition) is 5. The molecule has 7 heterocycles. The molecule has 440 valence electrons. The molecule has 0 amide bonds. The lowest BCUT2D eigenvalue weighted by Crippen LogP contribution is -2.06. The average Bonchev–Trinajstić information content (AvgIpc) is 1.60. The highest BCUT2D eigenvalue weighted by molar-refractivity contribution is 6.14. The van der Waals surface area contributed by atoms with Gasteiger partial charge >= 0.3 is 0 Å². The van der Waals surface area contributed by atoms with E-state index in [4.69, 9.17) is 15.0 Å². The van der Waals surface area contributed by atoms with E-state index in [-0.39, 0.29) is 0 Å². The van der Waals surface area contributed by atoms with E-state index in [2.05, 4.69) is 271 Å². The quantitative estimate of drug-likeness (QED) is 0.144. The molecule has 9 nitrogen and oxygen atoms in total. The predicted octanol–water partition coefficient (Wildman–Crippen LogP) is 21.1. The second-order valence-corrected chi connectivity index (χ2v) is 23.7. The van der Waals surface area contributed by atoms with Gasteiger partial charge in [-0.05, 0) is 143 Å². The van der Waals surface area contributed by atoms with Gasteiger partial charge in [-0.15, -0.1) is 0 Å². The molecule has 0 atom stereocenters. The number of benzene rings is 12. The van der Waals surface area contributed by atoms with Gasteiger partial charge in [-0.2, -0.15) is 9.97 Å². The number of fused-ring (bicyclic) bond motifs is 12. The molecule has 0 unspecified atom stereocenters. The van der Waals surface area contributed by atoms with E-state index in [0.717, 1.165) is 77.7 Å². The molecule has 0 saturated heterocycles. The first-order valence-corrected chi connectivity index (χ1v) is 31.6. The van der Waals surface area contributed by atoms with Crippen molar-refractivity contribution in [2.24, 2.45) is 0 Å². The number of aromatic nitrogens is 9. The minimum atomic E-state index is 0.584. The van der Waals surface area contributed by atoms with Gasteiger partial charge in [-0.25, -0.2) is 4.98 Å². The van der Waals surface area contributed by atoms with Crippen LogP contribution in [0.25, 0.3) is 166 Å². The Bertz CT molecular complexity index is 6020. The van der Waals surface area contributed by atoms with Gasteiger partial charge in [0.1, 0.15) is 0 Å². The van der Waals surface area contributed by atoms with Crippen LogP contribution in [0.2, 0.25) is 0 Å². The lowest BCUT2D eigenvalue weighted by Gasteiger charge is -2.11. The third kappa shape index (κ3) is 9.21. The fourth-order valence-corrected chi connectivity index (χ4v) is 13.9. The van der Waals surface area contributed by atoms with Gasteiger partial charge in [-0.1, -0.05) is 200 Å². The molecular weight excluding hydrogens is 1150 g/mol. The Labute approximate surface area is 540 Å². The second-order valence-electron chi connectivity index (χ2n) is 23.7. The summed E-state index contributed by atoms with van der Waals surface area (Å²) in [4.78, 5) is 24.0. The van der Waals surface area contributed by atoms with Crippen LogP contribution in [0.15, 0.2) is 334 Å². The first-order valence-electron chi connectivity index (χ1n) is 31.6. The van der Waals surface area contributed by atoms with E-state index in [1.807, 2.05) is 91.5 Å². The smallest absolute Gasteiger partial charge is 0.238 e. The molecule has 0 N–H and O–H groups in total.